The first-order valence-corrected chi connectivity index (χ1v) is 4.93. The zero-order valence-corrected chi connectivity index (χ0v) is 8.39. The van der Waals surface area contributed by atoms with Crippen molar-refractivity contribution in [2.45, 2.75) is 6.92 Å². The van der Waals surface area contributed by atoms with Crippen LogP contribution in [0, 0.1) is 0 Å². The second kappa shape index (κ2) is 5.23. The first-order chi connectivity index (χ1) is 6.74. The minimum absolute atomic E-state index is 0.264. The molecule has 1 heterocycles. The van der Waals surface area contributed by atoms with Crippen LogP contribution in [0.2, 0.25) is 0 Å². The second-order valence-corrected chi connectivity index (χ2v) is 3.09. The number of hydrogen-bond acceptors (Lipinski definition) is 4. The van der Waals surface area contributed by atoms with Crippen molar-refractivity contribution in [3.8, 4) is 0 Å². The van der Waals surface area contributed by atoms with Gasteiger partial charge in [-0.25, -0.2) is 10.2 Å². The van der Waals surface area contributed by atoms with Gasteiger partial charge in [-0.1, -0.05) is 0 Å². The molecule has 5 nitrogen and oxygen atoms in total. The number of nitrogens with one attached hydrogen (secondary N) is 2. The molecule has 0 saturated heterocycles. The molecule has 14 heavy (non-hydrogen) atoms. The van der Waals surface area contributed by atoms with E-state index in [1.807, 2.05) is 0 Å². The molecule has 0 aliphatic heterocycles. The summed E-state index contributed by atoms with van der Waals surface area (Å²) in [4.78, 5) is 22.0. The Labute approximate surface area is 85.0 Å². The second-order valence-electron chi connectivity index (χ2n) is 2.31. The summed E-state index contributed by atoms with van der Waals surface area (Å²) in [5.74, 6) is -0.362. The highest BCUT2D eigenvalue weighted by atomic mass is 32.1. The van der Waals surface area contributed by atoms with Gasteiger partial charge >= 0.3 is 6.09 Å². The molecule has 1 aromatic rings. The number of carbonyl (C=O) groups excluding carboxylic acids is 2. The van der Waals surface area contributed by atoms with Crippen LogP contribution in [0.4, 0.5) is 4.79 Å². The van der Waals surface area contributed by atoms with Gasteiger partial charge in [0.1, 0.15) is 0 Å². The predicted octanol–water partition coefficient (Wildman–Crippen LogP) is 1.14. The molecular formula is C8H10N2O3S. The lowest BCUT2D eigenvalue weighted by Gasteiger charge is -2.05. The molecule has 0 unspecified atom stereocenters. The average molecular weight is 214 g/mol. The number of thiophene rings is 1. The number of hydrogen-bond donors (Lipinski definition) is 2. The van der Waals surface area contributed by atoms with Gasteiger partial charge in [0.05, 0.1) is 12.2 Å². The van der Waals surface area contributed by atoms with E-state index in [1.165, 1.54) is 11.3 Å². The van der Waals surface area contributed by atoms with Gasteiger partial charge in [-0.3, -0.25) is 10.2 Å². The van der Waals surface area contributed by atoms with Gasteiger partial charge < -0.3 is 4.74 Å². The molecular weight excluding hydrogens is 204 g/mol. The van der Waals surface area contributed by atoms with Crippen LogP contribution in [-0.2, 0) is 4.74 Å². The molecule has 0 atom stereocenters. The third kappa shape index (κ3) is 3.06. The zero-order valence-electron chi connectivity index (χ0n) is 7.57. The minimum Gasteiger partial charge on any atom is -0.449 e. The van der Waals surface area contributed by atoms with Crippen molar-refractivity contribution in [3.63, 3.8) is 0 Å². The maximum absolute atomic E-state index is 11.2. The molecule has 2 amide bonds. The lowest BCUT2D eigenvalue weighted by Crippen LogP contribution is -2.41. The van der Waals surface area contributed by atoms with Crippen molar-refractivity contribution in [2.75, 3.05) is 6.61 Å². The molecule has 76 valence electrons. The molecule has 0 radical (unpaired) electrons. The first-order valence-electron chi connectivity index (χ1n) is 3.99. The number of ether oxygens (including phenoxy) is 1. The monoisotopic (exact) mass is 214 g/mol. The molecule has 0 aliphatic rings. The van der Waals surface area contributed by atoms with Crippen molar-refractivity contribution in [2.24, 2.45) is 0 Å². The summed E-state index contributed by atoms with van der Waals surface area (Å²) in [6.07, 6.45) is -0.670. The van der Waals surface area contributed by atoms with E-state index in [9.17, 15) is 9.59 Å². The summed E-state index contributed by atoms with van der Waals surface area (Å²) in [5.41, 5.74) is 4.83. The van der Waals surface area contributed by atoms with Gasteiger partial charge in [-0.15, -0.1) is 0 Å². The summed E-state index contributed by atoms with van der Waals surface area (Å²) in [6.45, 7) is 1.94. The molecule has 0 saturated carbocycles. The zero-order chi connectivity index (χ0) is 10.4. The maximum atomic E-state index is 11.2. The Morgan fingerprint density at radius 2 is 2.29 bits per heavy atom. The molecule has 0 fully saturated rings. The van der Waals surface area contributed by atoms with Crippen molar-refractivity contribution in [3.05, 3.63) is 22.4 Å². The highest BCUT2D eigenvalue weighted by Gasteiger charge is 2.06. The quantitative estimate of drug-likeness (QED) is 0.725. The summed E-state index contributed by atoms with van der Waals surface area (Å²) >= 11 is 1.41. The van der Waals surface area contributed by atoms with E-state index in [0.717, 1.165) is 0 Å². The lowest BCUT2D eigenvalue weighted by molar-refractivity contribution is 0.0913. The van der Waals surface area contributed by atoms with Gasteiger partial charge in [0, 0.05) is 5.38 Å². The molecule has 2 N–H and O–H groups in total. The fraction of sp³-hybridized carbons (Fsp3) is 0.250. The summed E-state index contributed by atoms with van der Waals surface area (Å²) < 4.78 is 4.55. The number of carbonyl (C=O) groups is 2. The topological polar surface area (TPSA) is 67.4 Å². The average Bonchev–Trinajstić information content (AvgIpc) is 2.67. The molecule has 1 aromatic heterocycles. The Balaban J connectivity index is 2.32. The Morgan fingerprint density at radius 3 is 2.86 bits per heavy atom. The van der Waals surface area contributed by atoms with Crippen LogP contribution in [-0.4, -0.2) is 18.6 Å². The SMILES string of the molecule is CCOC(=O)NNC(=O)c1ccsc1. The standard InChI is InChI=1S/C8H10N2O3S/c1-2-13-8(12)10-9-7(11)6-3-4-14-5-6/h3-5H,2H2,1H3,(H,9,11)(H,10,12). The normalized spacial score (nSPS) is 9.21. The van der Waals surface area contributed by atoms with Crippen LogP contribution >= 0.6 is 11.3 Å². The van der Waals surface area contributed by atoms with Crippen LogP contribution in [0.1, 0.15) is 17.3 Å². The van der Waals surface area contributed by atoms with Gasteiger partial charge in [0.15, 0.2) is 0 Å². The van der Waals surface area contributed by atoms with Gasteiger partial charge in [0.2, 0.25) is 0 Å². The largest absolute Gasteiger partial charge is 0.449 e. The Hall–Kier alpha value is -1.56. The van der Waals surface area contributed by atoms with Gasteiger partial charge in [-0.2, -0.15) is 11.3 Å². The van der Waals surface area contributed by atoms with Crippen LogP contribution in [0.3, 0.4) is 0 Å². The number of amides is 2. The van der Waals surface area contributed by atoms with Crippen LogP contribution in [0.25, 0.3) is 0 Å². The molecule has 0 spiro atoms. The smallest absolute Gasteiger partial charge is 0.426 e. The molecule has 1 rings (SSSR count). The highest BCUT2D eigenvalue weighted by Crippen LogP contribution is 2.04. The fourth-order valence-electron chi connectivity index (χ4n) is 0.741. The first kappa shape index (κ1) is 10.5. The van der Waals surface area contributed by atoms with Gasteiger partial charge in [-0.05, 0) is 18.4 Å². The van der Waals surface area contributed by atoms with E-state index in [0.29, 0.717) is 5.56 Å². The summed E-state index contributed by atoms with van der Waals surface area (Å²) in [5, 5.41) is 3.46. The van der Waals surface area contributed by atoms with Crippen molar-refractivity contribution >= 4 is 23.3 Å². The van der Waals surface area contributed by atoms with E-state index in [4.69, 9.17) is 0 Å². The van der Waals surface area contributed by atoms with Crippen molar-refractivity contribution in [1.29, 1.82) is 0 Å². The molecule has 6 heteroatoms. The van der Waals surface area contributed by atoms with E-state index in [-0.39, 0.29) is 12.5 Å². The Morgan fingerprint density at radius 1 is 1.50 bits per heavy atom. The van der Waals surface area contributed by atoms with E-state index < -0.39 is 6.09 Å². The predicted molar refractivity (Wildman–Crippen MR) is 51.9 cm³/mol. The third-order valence-corrected chi connectivity index (χ3v) is 2.02. The van der Waals surface area contributed by atoms with Gasteiger partial charge in [0.25, 0.3) is 5.91 Å². The fourth-order valence-corrected chi connectivity index (χ4v) is 1.38. The van der Waals surface area contributed by atoms with E-state index in [2.05, 4.69) is 15.6 Å². The molecule has 0 aliphatic carbocycles. The van der Waals surface area contributed by atoms with E-state index in [1.54, 1.807) is 23.8 Å². The Kier molecular flexibility index (Phi) is 3.93. The van der Waals surface area contributed by atoms with E-state index >= 15 is 0 Å². The highest BCUT2D eigenvalue weighted by molar-refractivity contribution is 7.08. The van der Waals surface area contributed by atoms with Crippen LogP contribution < -0.4 is 10.9 Å². The maximum Gasteiger partial charge on any atom is 0.426 e. The summed E-state index contributed by atoms with van der Waals surface area (Å²) in [7, 11) is 0. The Bertz CT molecular complexity index is 310. The van der Waals surface area contributed by atoms with Crippen LogP contribution in [0.5, 0.6) is 0 Å². The third-order valence-electron chi connectivity index (χ3n) is 1.34. The van der Waals surface area contributed by atoms with Crippen molar-refractivity contribution < 1.29 is 14.3 Å². The van der Waals surface area contributed by atoms with Crippen LogP contribution in [0.15, 0.2) is 16.8 Å². The van der Waals surface area contributed by atoms with Crippen molar-refractivity contribution in [1.82, 2.24) is 10.9 Å². The summed E-state index contributed by atoms with van der Waals surface area (Å²) in [6, 6.07) is 1.66. The molecule has 0 bridgehead atoms. The molecule has 0 aromatic carbocycles. The number of hydrazine groups is 1. The number of rotatable bonds is 2. The minimum atomic E-state index is -0.670. The lowest BCUT2D eigenvalue weighted by atomic mass is 10.3.